The lowest BCUT2D eigenvalue weighted by molar-refractivity contribution is 0.0697. The third-order valence-corrected chi connectivity index (χ3v) is 4.76. The number of hydrogen-bond acceptors (Lipinski definition) is 2. The zero-order valence-electron chi connectivity index (χ0n) is 14.7. The molecule has 1 N–H and O–H groups in total. The van der Waals surface area contributed by atoms with Gasteiger partial charge in [0.05, 0.1) is 16.8 Å². The van der Waals surface area contributed by atoms with E-state index in [1.54, 1.807) is 42.7 Å². The van der Waals surface area contributed by atoms with E-state index in [4.69, 9.17) is 5.11 Å². The summed E-state index contributed by atoms with van der Waals surface area (Å²) in [5.74, 6) is -1.21. The SMILES string of the molecule is Cc1c(-c2cccnc2)n(Cc2ccc(C(=O)O)cc2)c2cccc(F)c12. The largest absolute Gasteiger partial charge is 0.478 e. The van der Waals surface area contributed by atoms with E-state index in [9.17, 15) is 9.18 Å². The molecule has 0 aliphatic heterocycles. The van der Waals surface area contributed by atoms with Crippen LogP contribution in [0.3, 0.4) is 0 Å². The third kappa shape index (κ3) is 2.97. The number of halogens is 1. The molecule has 2 aromatic heterocycles. The molecule has 4 nitrogen and oxygen atoms in total. The highest BCUT2D eigenvalue weighted by Crippen LogP contribution is 2.35. The van der Waals surface area contributed by atoms with Crippen molar-refractivity contribution in [2.75, 3.05) is 0 Å². The van der Waals surface area contributed by atoms with Gasteiger partial charge in [-0.15, -0.1) is 0 Å². The second-order valence-electron chi connectivity index (χ2n) is 6.44. The molecule has 5 heteroatoms. The van der Waals surface area contributed by atoms with E-state index in [0.29, 0.717) is 11.9 Å². The van der Waals surface area contributed by atoms with E-state index in [1.807, 2.05) is 25.1 Å². The summed E-state index contributed by atoms with van der Waals surface area (Å²) >= 11 is 0. The lowest BCUT2D eigenvalue weighted by Crippen LogP contribution is -2.03. The average molecular weight is 360 g/mol. The molecule has 0 amide bonds. The monoisotopic (exact) mass is 360 g/mol. The van der Waals surface area contributed by atoms with Gasteiger partial charge in [0, 0.05) is 29.9 Å². The van der Waals surface area contributed by atoms with Crippen molar-refractivity contribution in [2.45, 2.75) is 13.5 Å². The maximum Gasteiger partial charge on any atom is 0.335 e. The smallest absolute Gasteiger partial charge is 0.335 e. The van der Waals surface area contributed by atoms with Gasteiger partial charge >= 0.3 is 5.97 Å². The van der Waals surface area contributed by atoms with Gasteiger partial charge in [0.25, 0.3) is 0 Å². The molecule has 0 saturated heterocycles. The Balaban J connectivity index is 1.90. The number of nitrogens with zero attached hydrogens (tertiary/aromatic N) is 2. The number of carbonyl (C=O) groups is 1. The molecule has 0 bridgehead atoms. The van der Waals surface area contributed by atoms with Gasteiger partial charge in [-0.25, -0.2) is 9.18 Å². The highest BCUT2D eigenvalue weighted by Gasteiger charge is 2.18. The molecular weight excluding hydrogens is 343 g/mol. The molecule has 0 unspecified atom stereocenters. The number of pyridine rings is 1. The lowest BCUT2D eigenvalue weighted by Gasteiger charge is -2.12. The molecule has 0 spiro atoms. The van der Waals surface area contributed by atoms with Crippen molar-refractivity contribution in [1.29, 1.82) is 0 Å². The van der Waals surface area contributed by atoms with Gasteiger partial charge in [-0.3, -0.25) is 4.98 Å². The van der Waals surface area contributed by atoms with Crippen LogP contribution in [0.2, 0.25) is 0 Å². The first-order chi connectivity index (χ1) is 13.1. The Morgan fingerprint density at radius 3 is 2.56 bits per heavy atom. The van der Waals surface area contributed by atoms with E-state index in [0.717, 1.165) is 27.9 Å². The molecule has 0 fully saturated rings. The van der Waals surface area contributed by atoms with Gasteiger partial charge < -0.3 is 9.67 Å². The first-order valence-corrected chi connectivity index (χ1v) is 8.56. The summed E-state index contributed by atoms with van der Waals surface area (Å²) in [5.41, 5.74) is 4.65. The average Bonchev–Trinajstić information content (AvgIpc) is 2.96. The van der Waals surface area contributed by atoms with E-state index in [1.165, 1.54) is 6.07 Å². The zero-order chi connectivity index (χ0) is 19.0. The van der Waals surface area contributed by atoms with Crippen molar-refractivity contribution < 1.29 is 14.3 Å². The van der Waals surface area contributed by atoms with Crippen molar-refractivity contribution in [3.05, 3.63) is 89.5 Å². The van der Waals surface area contributed by atoms with Gasteiger partial charge in [0.2, 0.25) is 0 Å². The van der Waals surface area contributed by atoms with Crippen LogP contribution in [0.5, 0.6) is 0 Å². The Morgan fingerprint density at radius 2 is 1.89 bits per heavy atom. The number of carboxylic acids is 1. The summed E-state index contributed by atoms with van der Waals surface area (Å²) < 4.78 is 16.6. The quantitative estimate of drug-likeness (QED) is 0.563. The molecule has 134 valence electrons. The Hall–Kier alpha value is -3.47. The van der Waals surface area contributed by atoms with Gasteiger partial charge in [0.1, 0.15) is 5.82 Å². The number of fused-ring (bicyclic) bond motifs is 1. The molecule has 0 saturated carbocycles. The van der Waals surface area contributed by atoms with Crippen LogP contribution in [0.25, 0.3) is 22.2 Å². The van der Waals surface area contributed by atoms with Gasteiger partial charge in [-0.1, -0.05) is 18.2 Å². The predicted molar refractivity (Wildman–Crippen MR) is 102 cm³/mol. The molecule has 0 aliphatic rings. The van der Waals surface area contributed by atoms with Crippen LogP contribution in [0.1, 0.15) is 21.5 Å². The summed E-state index contributed by atoms with van der Waals surface area (Å²) in [6.07, 6.45) is 3.47. The van der Waals surface area contributed by atoms with Crippen molar-refractivity contribution in [2.24, 2.45) is 0 Å². The van der Waals surface area contributed by atoms with E-state index >= 15 is 0 Å². The number of aryl methyl sites for hydroxylation is 1. The lowest BCUT2D eigenvalue weighted by atomic mass is 10.1. The van der Waals surface area contributed by atoms with Crippen molar-refractivity contribution in [1.82, 2.24) is 9.55 Å². The summed E-state index contributed by atoms with van der Waals surface area (Å²) in [6, 6.07) is 15.6. The third-order valence-electron chi connectivity index (χ3n) is 4.76. The Morgan fingerprint density at radius 1 is 1.11 bits per heavy atom. The number of hydrogen-bond donors (Lipinski definition) is 1. The second kappa shape index (κ2) is 6.68. The topological polar surface area (TPSA) is 55.1 Å². The molecule has 0 aliphatic carbocycles. The van der Waals surface area contributed by atoms with E-state index in [-0.39, 0.29) is 11.4 Å². The fraction of sp³-hybridized carbons (Fsp3) is 0.0909. The zero-order valence-corrected chi connectivity index (χ0v) is 14.7. The number of aromatic carboxylic acids is 1. The van der Waals surface area contributed by atoms with Crippen molar-refractivity contribution >= 4 is 16.9 Å². The predicted octanol–water partition coefficient (Wildman–Crippen LogP) is 4.90. The van der Waals surface area contributed by atoms with Gasteiger partial charge in [-0.05, 0) is 54.4 Å². The maximum absolute atomic E-state index is 14.5. The van der Waals surface area contributed by atoms with Crippen LogP contribution in [0.15, 0.2) is 67.0 Å². The molecule has 0 radical (unpaired) electrons. The summed E-state index contributed by atoms with van der Waals surface area (Å²) in [4.78, 5) is 15.3. The Kier molecular flexibility index (Phi) is 4.20. The number of benzene rings is 2. The van der Waals surface area contributed by atoms with Crippen LogP contribution in [-0.4, -0.2) is 20.6 Å². The Bertz CT molecular complexity index is 1130. The van der Waals surface area contributed by atoms with Crippen molar-refractivity contribution in [3.8, 4) is 11.3 Å². The highest BCUT2D eigenvalue weighted by molar-refractivity contribution is 5.92. The Labute approximate surface area is 155 Å². The first kappa shape index (κ1) is 17.0. The van der Waals surface area contributed by atoms with Crippen molar-refractivity contribution in [3.63, 3.8) is 0 Å². The highest BCUT2D eigenvalue weighted by atomic mass is 19.1. The molecule has 4 rings (SSSR count). The summed E-state index contributed by atoms with van der Waals surface area (Å²) in [7, 11) is 0. The second-order valence-corrected chi connectivity index (χ2v) is 6.44. The number of aromatic nitrogens is 2. The fourth-order valence-electron chi connectivity index (χ4n) is 3.52. The minimum absolute atomic E-state index is 0.242. The molecule has 0 atom stereocenters. The first-order valence-electron chi connectivity index (χ1n) is 8.56. The molecule has 4 aromatic rings. The summed E-state index contributed by atoms with van der Waals surface area (Å²) in [5, 5.41) is 9.68. The minimum Gasteiger partial charge on any atom is -0.478 e. The van der Waals surface area contributed by atoms with Gasteiger partial charge in [-0.2, -0.15) is 0 Å². The van der Waals surface area contributed by atoms with E-state index < -0.39 is 5.97 Å². The van der Waals surface area contributed by atoms with Gasteiger partial charge in [0.15, 0.2) is 0 Å². The standard InChI is InChI=1S/C22H17FN2O2/c1-14-20-18(23)5-2-6-19(20)25(21(14)17-4-3-11-24-12-17)13-15-7-9-16(10-8-15)22(26)27/h2-12H,13H2,1H3,(H,26,27). The van der Waals surface area contributed by atoms with E-state index in [2.05, 4.69) is 9.55 Å². The van der Waals surface area contributed by atoms with Crippen LogP contribution < -0.4 is 0 Å². The fourth-order valence-corrected chi connectivity index (χ4v) is 3.52. The van der Waals surface area contributed by atoms with Crippen LogP contribution in [-0.2, 0) is 6.54 Å². The molecule has 2 heterocycles. The summed E-state index contributed by atoms with van der Waals surface area (Å²) in [6.45, 7) is 2.41. The van der Waals surface area contributed by atoms with Crippen LogP contribution in [0, 0.1) is 12.7 Å². The number of carboxylic acid groups (broad SMARTS) is 1. The minimum atomic E-state index is -0.957. The molecular formula is C22H17FN2O2. The maximum atomic E-state index is 14.5. The van der Waals surface area contributed by atoms with Crippen LogP contribution in [0.4, 0.5) is 4.39 Å². The number of rotatable bonds is 4. The molecule has 27 heavy (non-hydrogen) atoms. The normalized spacial score (nSPS) is 11.0. The molecule has 2 aromatic carbocycles. The van der Waals surface area contributed by atoms with Crippen LogP contribution >= 0.6 is 0 Å².